The van der Waals surface area contributed by atoms with Gasteiger partial charge in [0.25, 0.3) is 0 Å². The Kier molecular flexibility index (Phi) is 5.05. The first-order valence-electron chi connectivity index (χ1n) is 7.75. The lowest BCUT2D eigenvalue weighted by molar-refractivity contribution is 0.0608. The van der Waals surface area contributed by atoms with Gasteiger partial charge in [0.2, 0.25) is 0 Å². The Morgan fingerprint density at radius 1 is 0.722 bits per heavy atom. The van der Waals surface area contributed by atoms with Crippen LogP contribution in [-0.4, -0.2) is 72.6 Å². The van der Waals surface area contributed by atoms with Crippen molar-refractivity contribution in [1.29, 1.82) is 0 Å². The van der Waals surface area contributed by atoms with Crippen LogP contribution in [0.15, 0.2) is 0 Å². The molecular formula is C15H31N3. The van der Waals surface area contributed by atoms with E-state index < -0.39 is 0 Å². The van der Waals surface area contributed by atoms with Crippen molar-refractivity contribution in [2.24, 2.45) is 0 Å². The summed E-state index contributed by atoms with van der Waals surface area (Å²) in [7, 11) is 0. The second kappa shape index (κ2) is 6.36. The predicted octanol–water partition coefficient (Wildman–Crippen LogP) is 1.89. The first kappa shape index (κ1) is 14.3. The van der Waals surface area contributed by atoms with Gasteiger partial charge in [-0.3, -0.25) is 4.90 Å². The lowest BCUT2D eigenvalue weighted by atomic mass is 10.0. The van der Waals surface area contributed by atoms with Gasteiger partial charge in [0.1, 0.15) is 0 Å². The third-order valence-electron chi connectivity index (χ3n) is 4.47. The first-order chi connectivity index (χ1) is 8.55. The molecule has 0 atom stereocenters. The number of likely N-dealkylation sites (tertiary alicyclic amines) is 1. The molecule has 0 aromatic heterocycles. The van der Waals surface area contributed by atoms with E-state index in [4.69, 9.17) is 0 Å². The monoisotopic (exact) mass is 253 g/mol. The Balaban J connectivity index is 1.58. The van der Waals surface area contributed by atoms with Crippen LogP contribution in [0.1, 0.15) is 40.0 Å². The predicted molar refractivity (Wildman–Crippen MR) is 78.1 cm³/mol. The summed E-state index contributed by atoms with van der Waals surface area (Å²) in [4.78, 5) is 7.90. The maximum absolute atomic E-state index is 2.65. The molecule has 0 spiro atoms. The molecule has 2 aliphatic heterocycles. The van der Waals surface area contributed by atoms with E-state index in [0.717, 1.165) is 0 Å². The highest BCUT2D eigenvalue weighted by molar-refractivity contribution is 4.82. The maximum atomic E-state index is 2.65. The molecule has 0 aliphatic carbocycles. The van der Waals surface area contributed by atoms with Crippen molar-refractivity contribution in [3.8, 4) is 0 Å². The molecule has 2 rings (SSSR count). The molecule has 2 saturated heterocycles. The van der Waals surface area contributed by atoms with E-state index >= 15 is 0 Å². The summed E-state index contributed by atoms with van der Waals surface area (Å²) in [5.74, 6) is 0. The number of nitrogens with zero attached hydrogens (tertiary/aromatic N) is 3. The van der Waals surface area contributed by atoms with E-state index in [1.807, 2.05) is 0 Å². The topological polar surface area (TPSA) is 9.72 Å². The van der Waals surface area contributed by atoms with Gasteiger partial charge in [-0.25, -0.2) is 0 Å². The zero-order valence-electron chi connectivity index (χ0n) is 12.6. The Bertz CT molecular complexity index is 233. The quantitative estimate of drug-likeness (QED) is 0.757. The van der Waals surface area contributed by atoms with Gasteiger partial charge in [0.05, 0.1) is 0 Å². The van der Waals surface area contributed by atoms with Crippen molar-refractivity contribution < 1.29 is 0 Å². The van der Waals surface area contributed by atoms with Gasteiger partial charge in [-0.1, -0.05) is 0 Å². The normalized spacial score (nSPS) is 24.8. The molecule has 3 nitrogen and oxygen atoms in total. The van der Waals surface area contributed by atoms with E-state index in [-0.39, 0.29) is 0 Å². The smallest absolute Gasteiger partial charge is 0.0126 e. The summed E-state index contributed by atoms with van der Waals surface area (Å²) < 4.78 is 0. The molecule has 0 aromatic carbocycles. The maximum Gasteiger partial charge on any atom is 0.0126 e. The van der Waals surface area contributed by atoms with Crippen LogP contribution in [0.25, 0.3) is 0 Å². The standard InChI is InChI=1S/C15H31N3/c1-15(2,3)18-13-11-17(12-14-18)10-6-9-16-7-4-5-8-16/h4-14H2,1-3H3. The molecule has 2 aliphatic rings. The van der Waals surface area contributed by atoms with Gasteiger partial charge >= 0.3 is 0 Å². The van der Waals surface area contributed by atoms with Crippen LogP contribution in [-0.2, 0) is 0 Å². The van der Waals surface area contributed by atoms with Crippen molar-refractivity contribution in [1.82, 2.24) is 14.7 Å². The zero-order chi connectivity index (χ0) is 13.0. The Morgan fingerprint density at radius 3 is 1.72 bits per heavy atom. The van der Waals surface area contributed by atoms with Gasteiger partial charge in [-0.2, -0.15) is 0 Å². The molecule has 0 radical (unpaired) electrons. The van der Waals surface area contributed by atoms with Crippen molar-refractivity contribution in [2.75, 3.05) is 52.4 Å². The van der Waals surface area contributed by atoms with Crippen LogP contribution >= 0.6 is 0 Å². The fourth-order valence-corrected chi connectivity index (χ4v) is 3.17. The summed E-state index contributed by atoms with van der Waals surface area (Å²) in [6.45, 7) is 17.3. The average molecular weight is 253 g/mol. The Labute approximate surface area is 113 Å². The highest BCUT2D eigenvalue weighted by Gasteiger charge is 2.25. The van der Waals surface area contributed by atoms with E-state index in [2.05, 4.69) is 35.5 Å². The summed E-state index contributed by atoms with van der Waals surface area (Å²) in [5.41, 5.74) is 0.349. The molecule has 0 N–H and O–H groups in total. The van der Waals surface area contributed by atoms with Crippen molar-refractivity contribution in [3.63, 3.8) is 0 Å². The molecule has 2 heterocycles. The van der Waals surface area contributed by atoms with Crippen LogP contribution < -0.4 is 0 Å². The summed E-state index contributed by atoms with van der Waals surface area (Å²) >= 11 is 0. The molecule has 0 unspecified atom stereocenters. The van der Waals surface area contributed by atoms with E-state index in [0.29, 0.717) is 5.54 Å². The molecule has 18 heavy (non-hydrogen) atoms. The van der Waals surface area contributed by atoms with Gasteiger partial charge in [-0.05, 0) is 66.2 Å². The minimum Gasteiger partial charge on any atom is -0.303 e. The lowest BCUT2D eigenvalue weighted by Gasteiger charge is -2.42. The second-order valence-corrected chi connectivity index (χ2v) is 6.90. The molecule has 3 heteroatoms. The highest BCUT2D eigenvalue weighted by atomic mass is 15.3. The number of piperazine rings is 1. The zero-order valence-corrected chi connectivity index (χ0v) is 12.6. The highest BCUT2D eigenvalue weighted by Crippen LogP contribution is 2.16. The third kappa shape index (κ3) is 4.22. The first-order valence-corrected chi connectivity index (χ1v) is 7.75. The summed E-state index contributed by atoms with van der Waals surface area (Å²) in [5, 5.41) is 0. The van der Waals surface area contributed by atoms with Crippen LogP contribution in [0.5, 0.6) is 0 Å². The van der Waals surface area contributed by atoms with Crippen LogP contribution in [0.2, 0.25) is 0 Å². The van der Waals surface area contributed by atoms with Crippen LogP contribution in [0.4, 0.5) is 0 Å². The van der Waals surface area contributed by atoms with Crippen LogP contribution in [0, 0.1) is 0 Å². The Hall–Kier alpha value is -0.120. The third-order valence-corrected chi connectivity index (χ3v) is 4.47. The molecule has 106 valence electrons. The van der Waals surface area contributed by atoms with Gasteiger partial charge in [0.15, 0.2) is 0 Å². The summed E-state index contributed by atoms with van der Waals surface area (Å²) in [6, 6.07) is 0. The van der Waals surface area contributed by atoms with Crippen LogP contribution in [0.3, 0.4) is 0 Å². The van der Waals surface area contributed by atoms with E-state index in [1.54, 1.807) is 0 Å². The minimum atomic E-state index is 0.349. The van der Waals surface area contributed by atoms with E-state index in [1.165, 1.54) is 71.6 Å². The lowest BCUT2D eigenvalue weighted by Crippen LogP contribution is -2.53. The van der Waals surface area contributed by atoms with E-state index in [9.17, 15) is 0 Å². The molecule has 2 fully saturated rings. The van der Waals surface area contributed by atoms with Crippen molar-refractivity contribution in [2.45, 2.75) is 45.6 Å². The SMILES string of the molecule is CC(C)(C)N1CCN(CCCN2CCCC2)CC1. The number of hydrogen-bond donors (Lipinski definition) is 0. The van der Waals surface area contributed by atoms with Crippen molar-refractivity contribution in [3.05, 3.63) is 0 Å². The number of rotatable bonds is 4. The second-order valence-electron chi connectivity index (χ2n) is 6.90. The van der Waals surface area contributed by atoms with Gasteiger partial charge < -0.3 is 9.80 Å². The molecule has 0 saturated carbocycles. The largest absolute Gasteiger partial charge is 0.303 e. The number of hydrogen-bond acceptors (Lipinski definition) is 3. The van der Waals surface area contributed by atoms with Gasteiger partial charge in [-0.15, -0.1) is 0 Å². The van der Waals surface area contributed by atoms with Crippen molar-refractivity contribution >= 4 is 0 Å². The molecular weight excluding hydrogens is 222 g/mol. The fraction of sp³-hybridized carbons (Fsp3) is 1.00. The Morgan fingerprint density at radius 2 is 1.22 bits per heavy atom. The fourth-order valence-electron chi connectivity index (χ4n) is 3.17. The van der Waals surface area contributed by atoms with Gasteiger partial charge in [0, 0.05) is 31.7 Å². The minimum absolute atomic E-state index is 0.349. The summed E-state index contributed by atoms with van der Waals surface area (Å²) in [6.07, 6.45) is 4.20. The molecule has 0 aromatic rings. The average Bonchev–Trinajstić information content (AvgIpc) is 2.82. The molecule has 0 amide bonds. The molecule has 0 bridgehead atoms.